The first-order chi connectivity index (χ1) is 11.1. The summed E-state index contributed by atoms with van der Waals surface area (Å²) in [6.07, 6.45) is 0. The van der Waals surface area contributed by atoms with Crippen molar-refractivity contribution in [2.75, 3.05) is 5.73 Å². The number of carboxylic acids is 1. The van der Waals surface area contributed by atoms with Gasteiger partial charge in [-0.1, -0.05) is 42.1 Å². The number of carbonyl (C=O) groups is 1. The average molecular weight is 325 g/mol. The third kappa shape index (κ3) is 2.93. The Morgan fingerprint density at radius 1 is 1.13 bits per heavy atom. The molecule has 1 heterocycles. The molecule has 0 aliphatic heterocycles. The fourth-order valence-electron chi connectivity index (χ4n) is 2.27. The first kappa shape index (κ1) is 15.2. The zero-order chi connectivity index (χ0) is 16.4. The number of aromatic carboxylic acids is 1. The van der Waals surface area contributed by atoms with Crippen LogP contribution in [0.5, 0.6) is 0 Å². The molecule has 2 aromatic carbocycles. The van der Waals surface area contributed by atoms with E-state index in [4.69, 9.17) is 5.73 Å². The van der Waals surface area contributed by atoms with E-state index < -0.39 is 5.97 Å². The molecule has 0 amide bonds. The Morgan fingerprint density at radius 2 is 1.78 bits per heavy atom. The minimum Gasteiger partial charge on any atom is -0.478 e. The number of nitrogens with two attached hydrogens (primary N) is 1. The van der Waals surface area contributed by atoms with Crippen molar-refractivity contribution in [3.05, 3.63) is 65.9 Å². The van der Waals surface area contributed by atoms with Gasteiger partial charge in [-0.15, -0.1) is 0 Å². The molecule has 0 radical (unpaired) electrons. The fraction of sp³-hybridized carbons (Fsp3) is 0.0588. The molecular formula is C17H15N3O2S. The van der Waals surface area contributed by atoms with E-state index in [-0.39, 0.29) is 5.56 Å². The number of anilines is 1. The van der Waals surface area contributed by atoms with Gasteiger partial charge in [0.1, 0.15) is 5.82 Å². The minimum atomic E-state index is -0.959. The van der Waals surface area contributed by atoms with Crippen molar-refractivity contribution in [1.82, 2.24) is 9.78 Å². The molecule has 0 saturated carbocycles. The summed E-state index contributed by atoms with van der Waals surface area (Å²) < 4.78 is 1.67. The van der Waals surface area contributed by atoms with Crippen LogP contribution in [-0.4, -0.2) is 20.9 Å². The third-order valence-corrected chi connectivity index (χ3v) is 4.65. The maximum Gasteiger partial charge on any atom is 0.336 e. The molecule has 0 fully saturated rings. The zero-order valence-corrected chi connectivity index (χ0v) is 13.2. The molecule has 5 nitrogen and oxygen atoms in total. The van der Waals surface area contributed by atoms with E-state index in [1.54, 1.807) is 22.9 Å². The maximum absolute atomic E-state index is 11.3. The number of hydrogen-bond donors (Lipinski definition) is 2. The van der Waals surface area contributed by atoms with Crippen molar-refractivity contribution in [3.63, 3.8) is 0 Å². The Bertz CT molecular complexity index is 860. The number of carboxylic acid groups (broad SMARTS) is 1. The lowest BCUT2D eigenvalue weighted by Gasteiger charge is -2.07. The second kappa shape index (κ2) is 6.18. The number of aryl methyl sites for hydroxylation is 1. The Morgan fingerprint density at radius 3 is 2.48 bits per heavy atom. The molecule has 3 N–H and O–H groups in total. The predicted octanol–water partition coefficient (Wildman–Crippen LogP) is 3.61. The topological polar surface area (TPSA) is 81.1 Å². The second-order valence-corrected chi connectivity index (χ2v) is 6.00. The SMILES string of the molecule is Cc1nn(-c2ccccc2)c(N)c1Sc1ccccc1C(=O)O. The molecule has 0 spiro atoms. The van der Waals surface area contributed by atoms with Gasteiger partial charge in [0.2, 0.25) is 0 Å². The average Bonchev–Trinajstić information content (AvgIpc) is 2.84. The van der Waals surface area contributed by atoms with Crippen molar-refractivity contribution in [1.29, 1.82) is 0 Å². The highest BCUT2D eigenvalue weighted by Crippen LogP contribution is 2.37. The number of nitrogens with zero attached hydrogens (tertiary/aromatic N) is 2. The summed E-state index contributed by atoms with van der Waals surface area (Å²) in [7, 11) is 0. The summed E-state index contributed by atoms with van der Waals surface area (Å²) in [5, 5.41) is 13.8. The molecule has 0 aliphatic rings. The van der Waals surface area contributed by atoms with Gasteiger partial charge in [-0.05, 0) is 31.2 Å². The van der Waals surface area contributed by atoms with Crippen LogP contribution in [0, 0.1) is 6.92 Å². The van der Waals surface area contributed by atoms with Gasteiger partial charge in [0, 0.05) is 4.90 Å². The van der Waals surface area contributed by atoms with Crippen molar-refractivity contribution in [2.45, 2.75) is 16.7 Å². The van der Waals surface area contributed by atoms with Gasteiger partial charge < -0.3 is 10.8 Å². The monoisotopic (exact) mass is 325 g/mol. The quantitative estimate of drug-likeness (QED) is 0.766. The van der Waals surface area contributed by atoms with Gasteiger partial charge in [-0.3, -0.25) is 0 Å². The molecular weight excluding hydrogens is 310 g/mol. The molecule has 6 heteroatoms. The normalized spacial score (nSPS) is 10.7. The smallest absolute Gasteiger partial charge is 0.336 e. The minimum absolute atomic E-state index is 0.253. The lowest BCUT2D eigenvalue weighted by Crippen LogP contribution is -2.02. The first-order valence-corrected chi connectivity index (χ1v) is 7.80. The highest BCUT2D eigenvalue weighted by molar-refractivity contribution is 7.99. The highest BCUT2D eigenvalue weighted by atomic mass is 32.2. The highest BCUT2D eigenvalue weighted by Gasteiger charge is 2.18. The van der Waals surface area contributed by atoms with Crippen LogP contribution >= 0.6 is 11.8 Å². The molecule has 116 valence electrons. The summed E-state index contributed by atoms with van der Waals surface area (Å²) in [5.74, 6) is -0.460. The number of aromatic nitrogens is 2. The Kier molecular flexibility index (Phi) is 4.08. The van der Waals surface area contributed by atoms with Crippen LogP contribution in [-0.2, 0) is 0 Å². The summed E-state index contributed by atoms with van der Waals surface area (Å²) in [6.45, 7) is 1.86. The first-order valence-electron chi connectivity index (χ1n) is 6.98. The molecule has 0 saturated heterocycles. The van der Waals surface area contributed by atoms with Crippen LogP contribution in [0.3, 0.4) is 0 Å². The van der Waals surface area contributed by atoms with E-state index in [9.17, 15) is 9.90 Å². The maximum atomic E-state index is 11.3. The fourth-order valence-corrected chi connectivity index (χ4v) is 3.28. The molecule has 0 atom stereocenters. The number of benzene rings is 2. The van der Waals surface area contributed by atoms with Gasteiger partial charge in [0.15, 0.2) is 0 Å². The van der Waals surface area contributed by atoms with Gasteiger partial charge >= 0.3 is 5.97 Å². The lowest BCUT2D eigenvalue weighted by atomic mass is 10.2. The van der Waals surface area contributed by atoms with E-state index in [1.165, 1.54) is 11.8 Å². The van der Waals surface area contributed by atoms with Crippen molar-refractivity contribution < 1.29 is 9.90 Å². The van der Waals surface area contributed by atoms with E-state index in [0.717, 1.165) is 16.3 Å². The second-order valence-electron chi connectivity index (χ2n) is 4.95. The number of rotatable bonds is 4. The van der Waals surface area contributed by atoms with Crippen LogP contribution in [0.4, 0.5) is 5.82 Å². The summed E-state index contributed by atoms with van der Waals surface area (Å²) >= 11 is 1.32. The summed E-state index contributed by atoms with van der Waals surface area (Å²) in [6, 6.07) is 16.5. The van der Waals surface area contributed by atoms with Gasteiger partial charge in [-0.25, -0.2) is 9.48 Å². The summed E-state index contributed by atoms with van der Waals surface area (Å²) in [4.78, 5) is 12.8. The Balaban J connectivity index is 2.03. The standard InChI is InChI=1S/C17H15N3O2S/c1-11-15(23-14-10-6-5-9-13(14)17(21)22)16(18)20(19-11)12-7-3-2-4-8-12/h2-10H,18H2,1H3,(H,21,22). The number of nitrogen functional groups attached to an aromatic ring is 1. The molecule has 3 rings (SSSR count). The number of para-hydroxylation sites is 1. The van der Waals surface area contributed by atoms with Crippen LogP contribution in [0.25, 0.3) is 5.69 Å². The zero-order valence-electron chi connectivity index (χ0n) is 12.4. The number of hydrogen-bond acceptors (Lipinski definition) is 4. The molecule has 0 unspecified atom stereocenters. The molecule has 1 aromatic heterocycles. The predicted molar refractivity (Wildman–Crippen MR) is 90.2 cm³/mol. The summed E-state index contributed by atoms with van der Waals surface area (Å²) in [5.41, 5.74) is 8.12. The van der Waals surface area contributed by atoms with E-state index >= 15 is 0 Å². The Hall–Kier alpha value is -2.73. The van der Waals surface area contributed by atoms with Crippen molar-refractivity contribution >= 4 is 23.5 Å². The van der Waals surface area contributed by atoms with E-state index in [0.29, 0.717) is 10.7 Å². The Labute approximate surface area is 137 Å². The largest absolute Gasteiger partial charge is 0.478 e. The van der Waals surface area contributed by atoms with Crippen LogP contribution < -0.4 is 5.73 Å². The van der Waals surface area contributed by atoms with Gasteiger partial charge in [0.05, 0.1) is 21.8 Å². The van der Waals surface area contributed by atoms with E-state index in [1.807, 2.05) is 43.3 Å². The molecule has 0 bridgehead atoms. The lowest BCUT2D eigenvalue weighted by molar-refractivity contribution is 0.0693. The van der Waals surface area contributed by atoms with Gasteiger partial charge in [-0.2, -0.15) is 5.10 Å². The van der Waals surface area contributed by atoms with Gasteiger partial charge in [0.25, 0.3) is 0 Å². The van der Waals surface area contributed by atoms with Crippen LogP contribution in [0.1, 0.15) is 16.1 Å². The van der Waals surface area contributed by atoms with Crippen molar-refractivity contribution in [3.8, 4) is 5.69 Å². The molecule has 0 aliphatic carbocycles. The molecule has 23 heavy (non-hydrogen) atoms. The third-order valence-electron chi connectivity index (χ3n) is 3.37. The van der Waals surface area contributed by atoms with Crippen LogP contribution in [0.2, 0.25) is 0 Å². The molecule has 3 aromatic rings. The van der Waals surface area contributed by atoms with Crippen LogP contribution in [0.15, 0.2) is 64.4 Å². The van der Waals surface area contributed by atoms with Crippen molar-refractivity contribution in [2.24, 2.45) is 0 Å². The van der Waals surface area contributed by atoms with E-state index in [2.05, 4.69) is 5.10 Å².